The second-order valence-electron chi connectivity index (χ2n) is 5.97. The van der Waals surface area contributed by atoms with Crippen molar-refractivity contribution in [3.8, 4) is 0 Å². The van der Waals surface area contributed by atoms with Crippen LogP contribution in [0.15, 0.2) is 23.4 Å². The zero-order chi connectivity index (χ0) is 17.3. The first-order valence-electron chi connectivity index (χ1n) is 7.72. The van der Waals surface area contributed by atoms with Crippen molar-refractivity contribution in [2.24, 2.45) is 16.8 Å². The van der Waals surface area contributed by atoms with Gasteiger partial charge in [0.1, 0.15) is 0 Å². The number of nitrogens with two attached hydrogens (primary N) is 1. The van der Waals surface area contributed by atoms with Crippen LogP contribution < -0.4 is 5.73 Å². The van der Waals surface area contributed by atoms with E-state index >= 15 is 0 Å². The van der Waals surface area contributed by atoms with Crippen LogP contribution in [-0.4, -0.2) is 41.6 Å². The van der Waals surface area contributed by atoms with Gasteiger partial charge in [0.2, 0.25) is 12.0 Å². The average Bonchev–Trinajstić information content (AvgIpc) is 3.07. The predicted molar refractivity (Wildman–Crippen MR) is 91.0 cm³/mol. The lowest BCUT2D eigenvalue weighted by Crippen LogP contribution is -2.45. The summed E-state index contributed by atoms with van der Waals surface area (Å²) < 4.78 is 0. The molecule has 0 bridgehead atoms. The number of rotatable bonds is 3. The van der Waals surface area contributed by atoms with Crippen LogP contribution in [-0.2, 0) is 14.4 Å². The number of amides is 2. The normalized spacial score (nSPS) is 21.3. The molecule has 0 spiro atoms. The smallest absolute Gasteiger partial charge is 0.266 e. The zero-order valence-electron chi connectivity index (χ0n) is 12.9. The molecule has 2 aliphatic rings. The van der Waals surface area contributed by atoms with E-state index in [1.54, 1.807) is 23.1 Å². The topological polar surface area (TPSA) is 85.0 Å². The molecule has 1 fully saturated rings. The van der Waals surface area contributed by atoms with Crippen molar-refractivity contribution >= 4 is 40.7 Å². The molecule has 24 heavy (non-hydrogen) atoms. The third-order valence-corrected chi connectivity index (χ3v) is 5.15. The van der Waals surface area contributed by atoms with E-state index in [-0.39, 0.29) is 17.7 Å². The summed E-state index contributed by atoms with van der Waals surface area (Å²) in [5.74, 6) is -0.567. The number of piperidine rings is 1. The number of carbonyl (C=O) groups excluding carboxylic acids is 2. The van der Waals surface area contributed by atoms with E-state index in [2.05, 4.69) is 5.16 Å². The van der Waals surface area contributed by atoms with Gasteiger partial charge in [-0.25, -0.2) is 0 Å². The Bertz CT molecular complexity index is 700. The maximum Gasteiger partial charge on any atom is 0.266 e. The molecule has 2 N–H and O–H groups in total. The minimum absolute atomic E-state index is 0.114. The Morgan fingerprint density at radius 2 is 1.92 bits per heavy atom. The van der Waals surface area contributed by atoms with Gasteiger partial charge in [-0.15, -0.1) is 0 Å². The number of oxime groups is 1. The van der Waals surface area contributed by atoms with Crippen molar-refractivity contribution in [2.45, 2.75) is 25.4 Å². The van der Waals surface area contributed by atoms with Gasteiger partial charge in [-0.2, -0.15) is 0 Å². The van der Waals surface area contributed by atoms with Gasteiger partial charge >= 0.3 is 0 Å². The molecular formula is C16H17Cl2N3O3. The number of nitrogens with zero attached hydrogens (tertiary/aromatic N) is 2. The fraction of sp³-hybridized carbons (Fsp3) is 0.438. The first kappa shape index (κ1) is 17.0. The molecule has 1 aromatic rings. The maximum absolute atomic E-state index is 12.5. The van der Waals surface area contributed by atoms with Gasteiger partial charge in [-0.3, -0.25) is 9.59 Å². The van der Waals surface area contributed by atoms with E-state index < -0.39 is 6.10 Å². The highest BCUT2D eigenvalue weighted by Crippen LogP contribution is 2.26. The fourth-order valence-electron chi connectivity index (χ4n) is 2.94. The number of halogens is 2. The van der Waals surface area contributed by atoms with Crippen LogP contribution in [0.25, 0.3) is 0 Å². The standard InChI is InChI=1S/C16H17Cl2N3O3/c17-11-2-1-10(7-12(11)18)13-8-14(24-20-13)16(23)21-5-3-9(4-6-21)15(19)22/h1-2,7,9,14H,3-6,8H2,(H2,19,22). The highest BCUT2D eigenvalue weighted by molar-refractivity contribution is 6.42. The second-order valence-corrected chi connectivity index (χ2v) is 6.78. The molecule has 1 saturated heterocycles. The summed E-state index contributed by atoms with van der Waals surface area (Å²) in [6.07, 6.45) is 0.925. The first-order chi connectivity index (χ1) is 11.5. The lowest BCUT2D eigenvalue weighted by atomic mass is 9.95. The molecule has 6 nitrogen and oxygen atoms in total. The van der Waals surface area contributed by atoms with E-state index in [9.17, 15) is 9.59 Å². The van der Waals surface area contributed by atoms with Gasteiger partial charge in [-0.05, 0) is 25.0 Å². The molecular weight excluding hydrogens is 353 g/mol. The summed E-state index contributed by atoms with van der Waals surface area (Å²) >= 11 is 11.9. The van der Waals surface area contributed by atoms with E-state index in [0.29, 0.717) is 48.1 Å². The Labute approximate surface area is 149 Å². The molecule has 2 aliphatic heterocycles. The maximum atomic E-state index is 12.5. The number of carbonyl (C=O) groups is 2. The number of primary amides is 1. The average molecular weight is 370 g/mol. The molecule has 1 atom stereocenters. The van der Waals surface area contributed by atoms with Crippen molar-refractivity contribution in [3.63, 3.8) is 0 Å². The summed E-state index contributed by atoms with van der Waals surface area (Å²) in [6, 6.07) is 5.18. The van der Waals surface area contributed by atoms with Gasteiger partial charge in [0.05, 0.1) is 15.8 Å². The highest BCUT2D eigenvalue weighted by atomic mass is 35.5. The van der Waals surface area contributed by atoms with E-state index in [0.717, 1.165) is 5.56 Å². The lowest BCUT2D eigenvalue weighted by Gasteiger charge is -2.31. The van der Waals surface area contributed by atoms with Crippen molar-refractivity contribution < 1.29 is 14.4 Å². The largest absolute Gasteiger partial charge is 0.382 e. The number of hydrogen-bond donors (Lipinski definition) is 1. The summed E-state index contributed by atoms with van der Waals surface area (Å²) in [5, 5.41) is 4.90. The van der Waals surface area contributed by atoms with Crippen LogP contribution >= 0.6 is 23.2 Å². The third kappa shape index (κ3) is 3.49. The number of benzene rings is 1. The second kappa shape index (κ2) is 6.99. The quantitative estimate of drug-likeness (QED) is 0.885. The lowest BCUT2D eigenvalue weighted by molar-refractivity contribution is -0.144. The van der Waals surface area contributed by atoms with Crippen molar-refractivity contribution in [1.29, 1.82) is 0 Å². The van der Waals surface area contributed by atoms with Crippen LogP contribution in [0.2, 0.25) is 10.0 Å². The molecule has 0 aliphatic carbocycles. The van der Waals surface area contributed by atoms with Crippen molar-refractivity contribution in [2.75, 3.05) is 13.1 Å². The van der Waals surface area contributed by atoms with Crippen molar-refractivity contribution in [1.82, 2.24) is 4.90 Å². The Morgan fingerprint density at radius 1 is 1.21 bits per heavy atom. The SMILES string of the molecule is NC(=O)C1CCN(C(=O)C2CC(c3ccc(Cl)c(Cl)c3)=NO2)CC1. The molecule has 2 heterocycles. The van der Waals surface area contributed by atoms with Crippen molar-refractivity contribution in [3.05, 3.63) is 33.8 Å². The summed E-state index contributed by atoms with van der Waals surface area (Å²) in [7, 11) is 0. The number of likely N-dealkylation sites (tertiary alicyclic amines) is 1. The van der Waals surface area contributed by atoms with Gasteiger partial charge < -0.3 is 15.5 Å². The summed E-state index contributed by atoms with van der Waals surface area (Å²) in [5.41, 5.74) is 6.76. The highest BCUT2D eigenvalue weighted by Gasteiger charge is 2.35. The van der Waals surface area contributed by atoms with Crippen LogP contribution in [0.4, 0.5) is 0 Å². The van der Waals surface area contributed by atoms with E-state index in [4.69, 9.17) is 33.8 Å². The summed E-state index contributed by atoms with van der Waals surface area (Å²) in [4.78, 5) is 30.7. The molecule has 1 unspecified atom stereocenters. The Hall–Kier alpha value is -1.79. The van der Waals surface area contributed by atoms with Crippen LogP contribution in [0.5, 0.6) is 0 Å². The van der Waals surface area contributed by atoms with Crippen LogP contribution in [0, 0.1) is 5.92 Å². The molecule has 8 heteroatoms. The minimum Gasteiger partial charge on any atom is -0.382 e. The molecule has 1 aromatic carbocycles. The fourth-order valence-corrected chi connectivity index (χ4v) is 3.24. The van der Waals surface area contributed by atoms with Gasteiger partial charge in [-0.1, -0.05) is 34.4 Å². The van der Waals surface area contributed by atoms with Gasteiger partial charge in [0.25, 0.3) is 5.91 Å². The minimum atomic E-state index is -0.639. The monoisotopic (exact) mass is 369 g/mol. The zero-order valence-corrected chi connectivity index (χ0v) is 14.4. The molecule has 2 amide bonds. The predicted octanol–water partition coefficient (Wildman–Crippen LogP) is 2.21. The molecule has 3 rings (SSSR count). The van der Waals surface area contributed by atoms with E-state index in [1.807, 2.05) is 0 Å². The van der Waals surface area contributed by atoms with Gasteiger partial charge in [0, 0.05) is 31.0 Å². The van der Waals surface area contributed by atoms with Crippen LogP contribution in [0.3, 0.4) is 0 Å². The Morgan fingerprint density at radius 3 is 2.54 bits per heavy atom. The molecule has 0 saturated carbocycles. The van der Waals surface area contributed by atoms with E-state index in [1.165, 1.54) is 0 Å². The molecule has 0 radical (unpaired) electrons. The van der Waals surface area contributed by atoms with Gasteiger partial charge in [0.15, 0.2) is 0 Å². The molecule has 128 valence electrons. The number of hydrogen-bond acceptors (Lipinski definition) is 4. The first-order valence-corrected chi connectivity index (χ1v) is 8.47. The Balaban J connectivity index is 1.59. The van der Waals surface area contributed by atoms with Crippen LogP contribution in [0.1, 0.15) is 24.8 Å². The summed E-state index contributed by atoms with van der Waals surface area (Å²) in [6.45, 7) is 1.02. The molecule has 0 aromatic heterocycles. The Kier molecular flexibility index (Phi) is 4.96. The third-order valence-electron chi connectivity index (χ3n) is 4.41.